The molecule has 1 spiro atoms. The molecule has 1 N–H and O–H groups in total. The molecule has 1 heterocycles. The van der Waals surface area contributed by atoms with Crippen molar-refractivity contribution in [3.8, 4) is 0 Å². The SMILES string of the molecule is Cc1cccc2c1C1(CCC2)CNc2ccc(C(C)(C)C)cc21. The van der Waals surface area contributed by atoms with Crippen LogP contribution in [0, 0.1) is 6.92 Å². The minimum Gasteiger partial charge on any atom is -0.384 e. The maximum absolute atomic E-state index is 3.71. The number of fused-ring (bicyclic) bond motifs is 4. The van der Waals surface area contributed by atoms with E-state index in [-0.39, 0.29) is 10.8 Å². The molecule has 0 fully saturated rings. The van der Waals surface area contributed by atoms with Crippen LogP contribution in [0.5, 0.6) is 0 Å². The summed E-state index contributed by atoms with van der Waals surface area (Å²) >= 11 is 0. The molecule has 2 aromatic carbocycles. The van der Waals surface area contributed by atoms with Crippen molar-refractivity contribution in [1.29, 1.82) is 0 Å². The van der Waals surface area contributed by atoms with E-state index in [0.29, 0.717) is 0 Å². The average molecular weight is 305 g/mol. The molecule has 0 aromatic heterocycles. The van der Waals surface area contributed by atoms with E-state index < -0.39 is 0 Å². The first-order valence-electron chi connectivity index (χ1n) is 8.90. The maximum atomic E-state index is 3.71. The Morgan fingerprint density at radius 3 is 2.70 bits per heavy atom. The highest BCUT2D eigenvalue weighted by molar-refractivity contribution is 5.67. The summed E-state index contributed by atoms with van der Waals surface area (Å²) in [5, 5.41) is 3.71. The number of hydrogen-bond acceptors (Lipinski definition) is 1. The van der Waals surface area contributed by atoms with Crippen LogP contribution in [0.3, 0.4) is 0 Å². The Kier molecular flexibility index (Phi) is 3.13. The van der Waals surface area contributed by atoms with Gasteiger partial charge in [-0.25, -0.2) is 0 Å². The molecule has 0 bridgehead atoms. The molecule has 1 unspecified atom stereocenters. The third kappa shape index (κ3) is 2.13. The van der Waals surface area contributed by atoms with Crippen LogP contribution in [0.4, 0.5) is 5.69 Å². The smallest absolute Gasteiger partial charge is 0.0401 e. The van der Waals surface area contributed by atoms with Gasteiger partial charge in [0.25, 0.3) is 0 Å². The van der Waals surface area contributed by atoms with Gasteiger partial charge in [-0.05, 0) is 65.5 Å². The summed E-state index contributed by atoms with van der Waals surface area (Å²) in [5.74, 6) is 0. The van der Waals surface area contributed by atoms with Gasteiger partial charge < -0.3 is 5.32 Å². The van der Waals surface area contributed by atoms with Crippen molar-refractivity contribution in [2.24, 2.45) is 0 Å². The average Bonchev–Trinajstić information content (AvgIpc) is 2.86. The van der Waals surface area contributed by atoms with Crippen LogP contribution in [0.1, 0.15) is 61.4 Å². The molecule has 1 atom stereocenters. The van der Waals surface area contributed by atoms with Crippen molar-refractivity contribution in [2.45, 2.75) is 57.8 Å². The van der Waals surface area contributed by atoms with Crippen LogP contribution in [0.25, 0.3) is 0 Å². The van der Waals surface area contributed by atoms with E-state index >= 15 is 0 Å². The van der Waals surface area contributed by atoms with Gasteiger partial charge in [0, 0.05) is 17.6 Å². The van der Waals surface area contributed by atoms with Crippen molar-refractivity contribution in [3.05, 3.63) is 64.2 Å². The van der Waals surface area contributed by atoms with E-state index in [9.17, 15) is 0 Å². The zero-order valence-corrected chi connectivity index (χ0v) is 14.8. The Hall–Kier alpha value is -1.76. The normalized spacial score (nSPS) is 22.6. The van der Waals surface area contributed by atoms with Crippen molar-refractivity contribution >= 4 is 5.69 Å². The van der Waals surface area contributed by atoms with Gasteiger partial charge >= 0.3 is 0 Å². The predicted octanol–water partition coefficient (Wildman–Crippen LogP) is 5.34. The summed E-state index contributed by atoms with van der Waals surface area (Å²) < 4.78 is 0. The van der Waals surface area contributed by atoms with Crippen molar-refractivity contribution in [3.63, 3.8) is 0 Å². The molecule has 4 rings (SSSR count). The van der Waals surface area contributed by atoms with Gasteiger partial charge in [-0.2, -0.15) is 0 Å². The van der Waals surface area contributed by atoms with E-state index in [2.05, 4.69) is 69.4 Å². The minimum atomic E-state index is 0.176. The molecule has 0 radical (unpaired) electrons. The van der Waals surface area contributed by atoms with Crippen LogP contribution in [0.15, 0.2) is 36.4 Å². The van der Waals surface area contributed by atoms with Gasteiger partial charge in [0.05, 0.1) is 0 Å². The van der Waals surface area contributed by atoms with Gasteiger partial charge in [0.15, 0.2) is 0 Å². The first-order valence-corrected chi connectivity index (χ1v) is 8.90. The van der Waals surface area contributed by atoms with Crippen molar-refractivity contribution in [2.75, 3.05) is 11.9 Å². The Morgan fingerprint density at radius 1 is 1.09 bits per heavy atom. The molecule has 23 heavy (non-hydrogen) atoms. The number of hydrogen-bond donors (Lipinski definition) is 1. The lowest BCUT2D eigenvalue weighted by atomic mass is 9.65. The second-order valence-electron chi connectivity index (χ2n) is 8.41. The van der Waals surface area contributed by atoms with Crippen molar-refractivity contribution in [1.82, 2.24) is 0 Å². The molecule has 0 amide bonds. The first-order chi connectivity index (χ1) is 10.9. The summed E-state index contributed by atoms with van der Waals surface area (Å²) in [4.78, 5) is 0. The number of aryl methyl sites for hydroxylation is 2. The summed E-state index contributed by atoms with van der Waals surface area (Å²) in [6.45, 7) is 10.3. The standard InChI is InChI=1S/C22H27N/c1-15-7-5-8-16-9-6-12-22(20(15)16)14-23-19-11-10-17(13-18(19)22)21(2,3)4/h5,7-8,10-11,13,23H,6,9,12,14H2,1-4H3. The first kappa shape index (κ1) is 14.8. The van der Waals surface area contributed by atoms with E-state index in [0.717, 1.165) is 6.54 Å². The Balaban J connectivity index is 1.95. The summed E-state index contributed by atoms with van der Waals surface area (Å²) in [5.41, 5.74) is 9.31. The molecular weight excluding hydrogens is 278 g/mol. The van der Waals surface area contributed by atoms with Gasteiger partial charge in [-0.15, -0.1) is 0 Å². The largest absolute Gasteiger partial charge is 0.384 e. The lowest BCUT2D eigenvalue weighted by molar-refractivity contribution is 0.460. The third-order valence-electron chi connectivity index (χ3n) is 5.87. The molecule has 2 aliphatic rings. The zero-order chi connectivity index (χ0) is 16.2. The number of benzene rings is 2. The maximum Gasteiger partial charge on any atom is 0.0401 e. The van der Waals surface area contributed by atoms with E-state index in [1.165, 1.54) is 41.6 Å². The number of rotatable bonds is 0. The fourth-order valence-electron chi connectivity index (χ4n) is 4.68. The summed E-state index contributed by atoms with van der Waals surface area (Å²) in [6, 6.07) is 13.9. The number of nitrogens with one attached hydrogen (secondary N) is 1. The fraction of sp³-hybridized carbons (Fsp3) is 0.455. The van der Waals surface area contributed by atoms with Crippen LogP contribution >= 0.6 is 0 Å². The van der Waals surface area contributed by atoms with Gasteiger partial charge in [-0.1, -0.05) is 51.1 Å². The van der Waals surface area contributed by atoms with Crippen LogP contribution in [-0.2, 0) is 17.3 Å². The molecule has 0 saturated heterocycles. The molecule has 1 nitrogen and oxygen atoms in total. The molecule has 1 aliphatic heterocycles. The highest BCUT2D eigenvalue weighted by Crippen LogP contribution is 2.50. The lowest BCUT2D eigenvalue weighted by Crippen LogP contribution is -2.35. The Labute approximate surface area is 140 Å². The van der Waals surface area contributed by atoms with Crippen molar-refractivity contribution < 1.29 is 0 Å². The zero-order valence-electron chi connectivity index (χ0n) is 14.8. The topological polar surface area (TPSA) is 12.0 Å². The van der Waals surface area contributed by atoms with Crippen LogP contribution in [-0.4, -0.2) is 6.54 Å². The molecule has 1 aliphatic carbocycles. The molecule has 2 aromatic rings. The van der Waals surface area contributed by atoms with Gasteiger partial charge in [0.1, 0.15) is 0 Å². The van der Waals surface area contributed by atoms with Crippen LogP contribution in [0.2, 0.25) is 0 Å². The van der Waals surface area contributed by atoms with E-state index in [1.807, 2.05) is 0 Å². The Bertz CT molecular complexity index is 766. The van der Waals surface area contributed by atoms with Gasteiger partial charge in [-0.3, -0.25) is 0 Å². The fourth-order valence-corrected chi connectivity index (χ4v) is 4.68. The molecule has 0 saturated carbocycles. The second kappa shape index (κ2) is 4.87. The highest BCUT2D eigenvalue weighted by atomic mass is 14.9. The second-order valence-corrected chi connectivity index (χ2v) is 8.41. The van der Waals surface area contributed by atoms with E-state index in [1.54, 1.807) is 11.1 Å². The minimum absolute atomic E-state index is 0.176. The highest BCUT2D eigenvalue weighted by Gasteiger charge is 2.44. The Morgan fingerprint density at radius 2 is 1.91 bits per heavy atom. The monoisotopic (exact) mass is 305 g/mol. The molecular formula is C22H27N. The lowest BCUT2D eigenvalue weighted by Gasteiger charge is -2.38. The number of anilines is 1. The third-order valence-corrected chi connectivity index (χ3v) is 5.87. The van der Waals surface area contributed by atoms with Crippen LogP contribution < -0.4 is 5.32 Å². The summed E-state index contributed by atoms with van der Waals surface area (Å²) in [6.07, 6.45) is 3.78. The molecule has 1 heteroatoms. The predicted molar refractivity (Wildman–Crippen MR) is 98.5 cm³/mol. The summed E-state index contributed by atoms with van der Waals surface area (Å²) in [7, 11) is 0. The van der Waals surface area contributed by atoms with E-state index in [4.69, 9.17) is 0 Å². The molecule has 120 valence electrons. The quantitative estimate of drug-likeness (QED) is 0.692. The van der Waals surface area contributed by atoms with Gasteiger partial charge in [0.2, 0.25) is 0 Å².